The van der Waals surface area contributed by atoms with Crippen molar-refractivity contribution in [1.82, 2.24) is 0 Å². The first-order chi connectivity index (χ1) is 6.97. The number of rotatable bonds is 5. The second kappa shape index (κ2) is 6.40. The summed E-state index contributed by atoms with van der Waals surface area (Å²) in [6, 6.07) is 0. The molecule has 0 radical (unpaired) electrons. The van der Waals surface area contributed by atoms with E-state index in [4.69, 9.17) is 31.5 Å². The highest BCUT2D eigenvalue weighted by Crippen LogP contribution is 2.64. The molecule has 0 atom stereocenters. The molecule has 0 saturated carbocycles. The standard InChI is InChI=1S/C10H22ClO2PS2/c1-9(2,3)7-12-14(15,16-11)13-8-10(4,5)6/h7-8H2,1-6H3. The van der Waals surface area contributed by atoms with Crippen LogP contribution in [0.5, 0.6) is 0 Å². The lowest BCUT2D eigenvalue weighted by molar-refractivity contribution is 0.155. The third-order valence-electron chi connectivity index (χ3n) is 1.40. The second-order valence-corrected chi connectivity index (χ2v) is 13.0. The number of hydrogen-bond donors (Lipinski definition) is 0. The first-order valence-corrected chi connectivity index (χ1v) is 10.1. The Balaban J connectivity index is 4.28. The van der Waals surface area contributed by atoms with Crippen molar-refractivity contribution in [1.29, 1.82) is 0 Å². The average molecular weight is 305 g/mol. The van der Waals surface area contributed by atoms with Crippen LogP contribution < -0.4 is 0 Å². The maximum Gasteiger partial charge on any atom is 0.262 e. The van der Waals surface area contributed by atoms with Crippen LogP contribution in [0, 0.1) is 10.8 Å². The Morgan fingerprint density at radius 1 is 1.00 bits per heavy atom. The predicted octanol–water partition coefficient (Wildman–Crippen LogP) is 5.22. The Morgan fingerprint density at radius 3 is 1.50 bits per heavy atom. The van der Waals surface area contributed by atoms with E-state index in [9.17, 15) is 0 Å². The molecule has 16 heavy (non-hydrogen) atoms. The molecule has 0 unspecified atom stereocenters. The summed E-state index contributed by atoms with van der Waals surface area (Å²) < 4.78 is 11.3. The molecule has 0 aromatic rings. The normalized spacial score (nSPS) is 14.2. The molecule has 0 aromatic carbocycles. The third-order valence-corrected chi connectivity index (χ3v) is 7.27. The first kappa shape index (κ1) is 17.2. The van der Waals surface area contributed by atoms with Crippen molar-refractivity contribution >= 4 is 38.8 Å². The summed E-state index contributed by atoms with van der Waals surface area (Å²) in [6.07, 6.45) is 0. The Bertz CT molecular complexity index is 237. The highest BCUT2D eigenvalue weighted by Gasteiger charge is 2.25. The maximum absolute atomic E-state index is 5.78. The van der Waals surface area contributed by atoms with E-state index in [0.29, 0.717) is 13.2 Å². The molecule has 0 N–H and O–H groups in total. The molecule has 2 nitrogen and oxygen atoms in total. The minimum absolute atomic E-state index is 0.0712. The summed E-state index contributed by atoms with van der Waals surface area (Å²) in [4.78, 5) is 0. The Hall–Kier alpha value is 1.21. The van der Waals surface area contributed by atoms with E-state index in [1.807, 2.05) is 0 Å². The molecule has 0 rings (SSSR count). The molecule has 6 heteroatoms. The van der Waals surface area contributed by atoms with Gasteiger partial charge in [-0.2, -0.15) is 0 Å². The quantitative estimate of drug-likeness (QED) is 0.648. The molecule has 0 fully saturated rings. The highest BCUT2D eigenvalue weighted by atomic mass is 35.7. The van der Waals surface area contributed by atoms with E-state index in [2.05, 4.69) is 41.5 Å². The van der Waals surface area contributed by atoms with Crippen molar-refractivity contribution in [2.75, 3.05) is 13.2 Å². The van der Waals surface area contributed by atoms with E-state index >= 15 is 0 Å². The maximum atomic E-state index is 5.78. The highest BCUT2D eigenvalue weighted by molar-refractivity contribution is 8.76. The number of hydrogen-bond acceptors (Lipinski definition) is 4. The van der Waals surface area contributed by atoms with Gasteiger partial charge in [0.25, 0.3) is 5.69 Å². The van der Waals surface area contributed by atoms with Crippen LogP contribution in [0.2, 0.25) is 0 Å². The zero-order valence-electron chi connectivity index (χ0n) is 10.9. The van der Waals surface area contributed by atoms with Gasteiger partial charge in [-0.3, -0.25) is 0 Å². The van der Waals surface area contributed by atoms with E-state index < -0.39 is 5.69 Å². The van der Waals surface area contributed by atoms with Crippen LogP contribution in [0.15, 0.2) is 0 Å². The van der Waals surface area contributed by atoms with Crippen LogP contribution in [0.3, 0.4) is 0 Å². The van der Waals surface area contributed by atoms with Crippen molar-refractivity contribution in [2.45, 2.75) is 41.5 Å². The van der Waals surface area contributed by atoms with Crippen molar-refractivity contribution in [3.8, 4) is 0 Å². The van der Waals surface area contributed by atoms with Crippen LogP contribution in [-0.2, 0) is 20.9 Å². The summed E-state index contributed by atoms with van der Waals surface area (Å²) in [5.74, 6) is 0. The van der Waals surface area contributed by atoms with Gasteiger partial charge in [-0.15, -0.1) is 0 Å². The van der Waals surface area contributed by atoms with Gasteiger partial charge in [-0.1, -0.05) is 41.5 Å². The van der Waals surface area contributed by atoms with Gasteiger partial charge < -0.3 is 9.05 Å². The van der Waals surface area contributed by atoms with E-state index in [-0.39, 0.29) is 10.8 Å². The summed E-state index contributed by atoms with van der Waals surface area (Å²) in [7, 11) is 6.79. The third kappa shape index (κ3) is 9.26. The topological polar surface area (TPSA) is 18.5 Å². The molecule has 0 aliphatic carbocycles. The van der Waals surface area contributed by atoms with Gasteiger partial charge in [-0.25, -0.2) is 0 Å². The predicted molar refractivity (Wildman–Crippen MR) is 78.5 cm³/mol. The van der Waals surface area contributed by atoms with Crippen LogP contribution in [0.25, 0.3) is 0 Å². The Kier molecular flexibility index (Phi) is 6.88. The van der Waals surface area contributed by atoms with Crippen molar-refractivity contribution in [2.24, 2.45) is 10.8 Å². The van der Waals surface area contributed by atoms with E-state index in [0.717, 1.165) is 10.6 Å². The monoisotopic (exact) mass is 304 g/mol. The molecule has 0 saturated heterocycles. The molecule has 0 aliphatic rings. The van der Waals surface area contributed by atoms with Gasteiger partial charge in [0, 0.05) is 10.6 Å². The fraction of sp³-hybridized carbons (Fsp3) is 1.00. The molecule has 0 amide bonds. The summed E-state index contributed by atoms with van der Waals surface area (Å²) in [6.45, 7) is 13.7. The lowest BCUT2D eigenvalue weighted by atomic mass is 9.99. The van der Waals surface area contributed by atoms with Crippen molar-refractivity contribution in [3.63, 3.8) is 0 Å². The van der Waals surface area contributed by atoms with Gasteiger partial charge in [0.05, 0.1) is 13.2 Å². The summed E-state index contributed by atoms with van der Waals surface area (Å²) in [5, 5.41) is 0. The fourth-order valence-electron chi connectivity index (χ4n) is 0.623. The molecule has 0 heterocycles. The number of halogens is 1. The molecule has 0 spiro atoms. The van der Waals surface area contributed by atoms with Crippen LogP contribution in [0.4, 0.5) is 0 Å². The van der Waals surface area contributed by atoms with Crippen molar-refractivity contribution in [3.05, 3.63) is 0 Å². The zero-order valence-corrected chi connectivity index (χ0v) is 14.2. The van der Waals surface area contributed by atoms with Crippen LogP contribution >= 0.6 is 27.0 Å². The minimum atomic E-state index is -2.38. The molecule has 0 bridgehead atoms. The van der Waals surface area contributed by atoms with Gasteiger partial charge in [-0.05, 0) is 33.3 Å². The summed E-state index contributed by atoms with van der Waals surface area (Å²) >= 11 is 5.34. The average Bonchev–Trinajstić information content (AvgIpc) is 2.09. The van der Waals surface area contributed by atoms with Crippen LogP contribution in [-0.4, -0.2) is 13.2 Å². The molecular formula is C10H22ClO2PS2. The Labute approximate surface area is 113 Å². The zero-order chi connectivity index (χ0) is 13.0. The molecule has 98 valence electrons. The largest absolute Gasteiger partial charge is 0.320 e. The molecule has 0 aromatic heterocycles. The van der Waals surface area contributed by atoms with Gasteiger partial charge in [0.1, 0.15) is 0 Å². The second-order valence-electron chi connectivity index (χ2n) is 6.18. The summed E-state index contributed by atoms with van der Waals surface area (Å²) in [5.41, 5.74) is -2.24. The van der Waals surface area contributed by atoms with Gasteiger partial charge >= 0.3 is 0 Å². The molecule has 0 aliphatic heterocycles. The minimum Gasteiger partial charge on any atom is -0.320 e. The van der Waals surface area contributed by atoms with Gasteiger partial charge in [0.15, 0.2) is 0 Å². The first-order valence-electron chi connectivity index (χ1n) is 5.17. The van der Waals surface area contributed by atoms with Crippen LogP contribution in [0.1, 0.15) is 41.5 Å². The lowest BCUT2D eigenvalue weighted by Gasteiger charge is -2.27. The Morgan fingerprint density at radius 2 is 1.31 bits per heavy atom. The smallest absolute Gasteiger partial charge is 0.262 e. The van der Waals surface area contributed by atoms with Crippen molar-refractivity contribution < 1.29 is 9.05 Å². The van der Waals surface area contributed by atoms with E-state index in [1.54, 1.807) is 0 Å². The van der Waals surface area contributed by atoms with Gasteiger partial charge in [0.2, 0.25) is 0 Å². The fourth-order valence-corrected chi connectivity index (χ4v) is 3.46. The lowest BCUT2D eigenvalue weighted by Crippen LogP contribution is -2.16. The SMILES string of the molecule is CC(C)(C)COP(=S)(OCC(C)(C)C)SCl. The molecular weight excluding hydrogens is 283 g/mol. The van der Waals surface area contributed by atoms with E-state index in [1.165, 1.54) is 0 Å².